The number of halogens is 2. The van der Waals surface area contributed by atoms with Crippen LogP contribution >= 0.6 is 23.2 Å². The third-order valence-electron chi connectivity index (χ3n) is 6.14. The third-order valence-corrected chi connectivity index (χ3v) is 8.72. The molecule has 7 nitrogen and oxygen atoms in total. The summed E-state index contributed by atoms with van der Waals surface area (Å²) in [4.78, 5) is 28.3. The number of benzene rings is 3. The fraction of sp³-hybridized carbons (Fsp3) is 0.310. The molecule has 3 rings (SSSR count). The first kappa shape index (κ1) is 30.5. The minimum Gasteiger partial charge on any atom is -0.354 e. The number of amides is 2. The van der Waals surface area contributed by atoms with E-state index in [1.165, 1.54) is 29.2 Å². The highest BCUT2D eigenvalue weighted by molar-refractivity contribution is 7.92. The number of anilines is 1. The van der Waals surface area contributed by atoms with Gasteiger partial charge >= 0.3 is 0 Å². The summed E-state index contributed by atoms with van der Waals surface area (Å²) in [6.07, 6.45) is 0. The molecule has 0 heterocycles. The van der Waals surface area contributed by atoms with Gasteiger partial charge in [-0.2, -0.15) is 0 Å². The summed E-state index contributed by atoms with van der Waals surface area (Å²) in [6, 6.07) is 19.1. The van der Waals surface area contributed by atoms with Crippen molar-refractivity contribution in [2.24, 2.45) is 5.92 Å². The van der Waals surface area contributed by atoms with Crippen molar-refractivity contribution >= 4 is 50.7 Å². The van der Waals surface area contributed by atoms with Gasteiger partial charge in [0.1, 0.15) is 12.6 Å². The van der Waals surface area contributed by atoms with Crippen molar-refractivity contribution in [1.29, 1.82) is 0 Å². The molecule has 0 radical (unpaired) electrons. The molecular weight excluding hydrogens is 557 g/mol. The lowest BCUT2D eigenvalue weighted by Gasteiger charge is -2.32. The molecule has 0 aromatic heterocycles. The number of carbonyl (C=O) groups excluding carboxylic acids is 2. The van der Waals surface area contributed by atoms with E-state index in [4.69, 9.17) is 23.2 Å². The van der Waals surface area contributed by atoms with Crippen LogP contribution in [0.2, 0.25) is 10.0 Å². The SMILES string of the molecule is Cc1ccc(CN(C(=O)CN(c2cccc(Cl)c2Cl)S(=O)(=O)c2ccccc2)[C@@H](C)C(=O)NCC(C)C)cc1. The Morgan fingerprint density at radius 1 is 0.897 bits per heavy atom. The average molecular weight is 591 g/mol. The lowest BCUT2D eigenvalue weighted by Crippen LogP contribution is -2.51. The Balaban J connectivity index is 2.04. The Kier molecular flexibility index (Phi) is 10.4. The molecule has 0 unspecified atom stereocenters. The van der Waals surface area contributed by atoms with Crippen molar-refractivity contribution in [1.82, 2.24) is 10.2 Å². The highest BCUT2D eigenvalue weighted by Crippen LogP contribution is 2.35. The lowest BCUT2D eigenvalue weighted by molar-refractivity contribution is -0.139. The Bertz CT molecular complexity index is 1400. The molecule has 10 heteroatoms. The largest absolute Gasteiger partial charge is 0.354 e. The van der Waals surface area contributed by atoms with Crippen LogP contribution < -0.4 is 9.62 Å². The van der Waals surface area contributed by atoms with E-state index >= 15 is 0 Å². The van der Waals surface area contributed by atoms with Gasteiger partial charge in [0.2, 0.25) is 11.8 Å². The minimum atomic E-state index is -4.23. The van der Waals surface area contributed by atoms with Gasteiger partial charge in [0.25, 0.3) is 10.0 Å². The van der Waals surface area contributed by atoms with E-state index in [9.17, 15) is 18.0 Å². The zero-order valence-electron chi connectivity index (χ0n) is 22.4. The summed E-state index contributed by atoms with van der Waals surface area (Å²) >= 11 is 12.7. The van der Waals surface area contributed by atoms with E-state index in [1.54, 1.807) is 31.2 Å². The molecule has 208 valence electrons. The maximum absolute atomic E-state index is 13.9. The summed E-state index contributed by atoms with van der Waals surface area (Å²) in [7, 11) is -4.23. The summed E-state index contributed by atoms with van der Waals surface area (Å²) < 4.78 is 28.6. The molecule has 39 heavy (non-hydrogen) atoms. The second-order valence-corrected chi connectivity index (χ2v) is 12.4. The molecule has 0 aliphatic carbocycles. The molecule has 2 amide bonds. The van der Waals surface area contributed by atoms with Crippen LogP contribution in [0.1, 0.15) is 31.9 Å². The number of nitrogens with zero attached hydrogens (tertiary/aromatic N) is 2. The highest BCUT2D eigenvalue weighted by Gasteiger charge is 2.33. The van der Waals surface area contributed by atoms with E-state index < -0.39 is 28.5 Å². The van der Waals surface area contributed by atoms with Gasteiger partial charge in [-0.25, -0.2) is 8.42 Å². The third kappa shape index (κ3) is 7.75. The molecule has 3 aromatic carbocycles. The summed E-state index contributed by atoms with van der Waals surface area (Å²) in [5.41, 5.74) is 1.92. The Morgan fingerprint density at radius 2 is 1.54 bits per heavy atom. The van der Waals surface area contributed by atoms with Crippen molar-refractivity contribution in [3.8, 4) is 0 Å². The van der Waals surface area contributed by atoms with Gasteiger partial charge in [-0.15, -0.1) is 0 Å². The van der Waals surface area contributed by atoms with Gasteiger partial charge < -0.3 is 10.2 Å². The molecule has 0 aliphatic rings. The van der Waals surface area contributed by atoms with E-state index in [0.717, 1.165) is 15.4 Å². The molecule has 0 bridgehead atoms. The molecule has 1 atom stereocenters. The molecule has 1 N–H and O–H groups in total. The zero-order chi connectivity index (χ0) is 28.7. The van der Waals surface area contributed by atoms with Gasteiger partial charge in [0.15, 0.2) is 0 Å². The Labute approximate surface area is 240 Å². The number of carbonyl (C=O) groups is 2. The van der Waals surface area contributed by atoms with E-state index in [0.29, 0.717) is 6.54 Å². The molecule has 0 fully saturated rings. The average Bonchev–Trinajstić information content (AvgIpc) is 2.91. The normalized spacial score (nSPS) is 12.2. The van der Waals surface area contributed by atoms with Crippen LogP contribution in [0.25, 0.3) is 0 Å². The number of hydrogen-bond acceptors (Lipinski definition) is 4. The predicted molar refractivity (Wildman–Crippen MR) is 156 cm³/mol. The van der Waals surface area contributed by atoms with E-state index in [2.05, 4.69) is 5.32 Å². The number of rotatable bonds is 11. The molecule has 0 saturated carbocycles. The van der Waals surface area contributed by atoms with Gasteiger partial charge in [-0.3, -0.25) is 13.9 Å². The Hall–Kier alpha value is -3.07. The zero-order valence-corrected chi connectivity index (χ0v) is 24.7. The maximum Gasteiger partial charge on any atom is 0.264 e. The summed E-state index contributed by atoms with van der Waals surface area (Å²) in [5.74, 6) is -0.681. The molecular formula is C29H33Cl2N3O4S. The topological polar surface area (TPSA) is 86.8 Å². The molecule has 3 aromatic rings. The fourth-order valence-electron chi connectivity index (χ4n) is 3.84. The van der Waals surface area contributed by atoms with Crippen LogP contribution in [-0.2, 0) is 26.2 Å². The first-order valence-corrected chi connectivity index (χ1v) is 14.8. The van der Waals surface area contributed by atoms with E-state index in [1.807, 2.05) is 45.0 Å². The van der Waals surface area contributed by atoms with Gasteiger partial charge in [-0.05, 0) is 49.6 Å². The monoisotopic (exact) mass is 589 g/mol. The van der Waals surface area contributed by atoms with Gasteiger partial charge in [0.05, 0.1) is 20.6 Å². The number of aryl methyl sites for hydroxylation is 1. The fourth-order valence-corrected chi connectivity index (χ4v) is 5.74. The van der Waals surface area contributed by atoms with Crippen LogP contribution in [0.15, 0.2) is 77.7 Å². The predicted octanol–water partition coefficient (Wildman–Crippen LogP) is 5.69. The highest BCUT2D eigenvalue weighted by atomic mass is 35.5. The van der Waals surface area contributed by atoms with Crippen molar-refractivity contribution in [2.75, 3.05) is 17.4 Å². The van der Waals surface area contributed by atoms with Crippen molar-refractivity contribution < 1.29 is 18.0 Å². The van der Waals surface area contributed by atoms with Crippen LogP contribution in [0.3, 0.4) is 0 Å². The number of sulfonamides is 1. The second-order valence-electron chi connectivity index (χ2n) is 9.72. The van der Waals surface area contributed by atoms with Gasteiger partial charge in [-0.1, -0.05) is 91.1 Å². The molecule has 0 aliphatic heterocycles. The number of hydrogen-bond donors (Lipinski definition) is 1. The maximum atomic E-state index is 13.9. The van der Waals surface area contributed by atoms with Crippen LogP contribution in [0, 0.1) is 12.8 Å². The standard InChI is InChI=1S/C29H33Cl2N3O4S/c1-20(2)17-32-29(36)22(4)33(18-23-15-13-21(3)14-16-23)27(35)19-34(26-12-8-11-25(30)28(26)31)39(37,38)24-9-6-5-7-10-24/h5-16,20,22H,17-19H2,1-4H3,(H,32,36)/t22-/m0/s1. The minimum absolute atomic E-state index is 0.000665. The lowest BCUT2D eigenvalue weighted by atomic mass is 10.1. The van der Waals surface area contributed by atoms with Crippen molar-refractivity contribution in [3.63, 3.8) is 0 Å². The molecule has 0 saturated heterocycles. The van der Waals surface area contributed by atoms with Crippen molar-refractivity contribution in [3.05, 3.63) is 94.0 Å². The first-order valence-electron chi connectivity index (χ1n) is 12.6. The van der Waals surface area contributed by atoms with Crippen molar-refractivity contribution in [2.45, 2.75) is 45.2 Å². The van der Waals surface area contributed by atoms with Crippen LogP contribution in [-0.4, -0.2) is 44.3 Å². The smallest absolute Gasteiger partial charge is 0.264 e. The molecule has 0 spiro atoms. The summed E-state index contributed by atoms with van der Waals surface area (Å²) in [6.45, 7) is 7.49. The van der Waals surface area contributed by atoms with Gasteiger partial charge in [0, 0.05) is 13.1 Å². The number of nitrogens with one attached hydrogen (secondary N) is 1. The van der Waals surface area contributed by atoms with E-state index in [-0.39, 0.29) is 39.0 Å². The van der Waals surface area contributed by atoms with Crippen LogP contribution in [0.4, 0.5) is 5.69 Å². The summed E-state index contributed by atoms with van der Waals surface area (Å²) in [5, 5.41) is 3.01. The first-order chi connectivity index (χ1) is 18.4. The Morgan fingerprint density at radius 3 is 2.15 bits per heavy atom. The van der Waals surface area contributed by atoms with Crippen LogP contribution in [0.5, 0.6) is 0 Å². The quantitative estimate of drug-likeness (QED) is 0.311. The second kappa shape index (κ2) is 13.3.